The van der Waals surface area contributed by atoms with Gasteiger partial charge in [-0.1, -0.05) is 0 Å². The van der Waals surface area contributed by atoms with Crippen LogP contribution in [0.25, 0.3) is 0 Å². The van der Waals surface area contributed by atoms with Gasteiger partial charge in [-0.2, -0.15) is 13.2 Å². The first kappa shape index (κ1) is 22.5. The second kappa shape index (κ2) is 8.28. The molecule has 0 saturated heterocycles. The fraction of sp³-hybridized carbons (Fsp3) is 0.611. The first-order valence-electron chi connectivity index (χ1n) is 9.04. The molecule has 0 spiro atoms. The molecule has 1 saturated carbocycles. The van der Waals surface area contributed by atoms with Gasteiger partial charge in [0.1, 0.15) is 0 Å². The summed E-state index contributed by atoms with van der Waals surface area (Å²) in [6, 6.07) is 4.14. The van der Waals surface area contributed by atoms with Crippen molar-refractivity contribution in [2.24, 2.45) is 5.92 Å². The summed E-state index contributed by atoms with van der Waals surface area (Å²) >= 11 is 0. The summed E-state index contributed by atoms with van der Waals surface area (Å²) < 4.78 is 63.9. The number of benzene rings is 1. The molecule has 0 bridgehead atoms. The van der Waals surface area contributed by atoms with Gasteiger partial charge in [-0.05, 0) is 70.7 Å². The monoisotopic (exact) mass is 421 g/mol. The van der Waals surface area contributed by atoms with Gasteiger partial charge in [0.05, 0.1) is 16.0 Å². The van der Waals surface area contributed by atoms with Crippen LogP contribution in [-0.4, -0.2) is 25.1 Å². The molecule has 1 aromatic rings. The van der Waals surface area contributed by atoms with Crippen LogP contribution in [-0.2, 0) is 21.0 Å². The smallest absolute Gasteiger partial charge is 0.299 e. The average molecular weight is 421 g/mol. The number of anilines is 1. The van der Waals surface area contributed by atoms with E-state index in [4.69, 9.17) is 0 Å². The third-order valence-electron chi connectivity index (χ3n) is 4.77. The van der Waals surface area contributed by atoms with Gasteiger partial charge in [-0.15, -0.1) is 0 Å². The van der Waals surface area contributed by atoms with Crippen molar-refractivity contribution in [1.29, 1.82) is 0 Å². The van der Waals surface area contributed by atoms with Crippen LogP contribution in [0.5, 0.6) is 0 Å². The molecule has 3 N–H and O–H groups in total. The number of hydrogen-bond donors (Lipinski definition) is 3. The minimum absolute atomic E-state index is 0.198. The maximum absolute atomic E-state index is 12.5. The van der Waals surface area contributed by atoms with Crippen LogP contribution in [0.1, 0.15) is 52.0 Å². The highest BCUT2D eigenvalue weighted by Crippen LogP contribution is 2.30. The Morgan fingerprint density at radius 3 is 2.00 bits per heavy atom. The van der Waals surface area contributed by atoms with Crippen LogP contribution in [0, 0.1) is 5.92 Å². The van der Waals surface area contributed by atoms with Crippen LogP contribution in [0.4, 0.5) is 18.9 Å². The number of rotatable bonds is 5. The highest BCUT2D eigenvalue weighted by Gasteiger charge is 2.34. The highest BCUT2D eigenvalue weighted by molar-refractivity contribution is 7.90. The average Bonchev–Trinajstić information content (AvgIpc) is 2.58. The minimum atomic E-state index is -4.41. The summed E-state index contributed by atoms with van der Waals surface area (Å²) in [5.41, 5.74) is 4.69. The maximum Gasteiger partial charge on any atom is 0.416 e. The molecule has 0 atom stereocenters. The zero-order valence-corrected chi connectivity index (χ0v) is 16.9. The Morgan fingerprint density at radius 1 is 1.00 bits per heavy atom. The Bertz CT molecular complexity index is 779. The largest absolute Gasteiger partial charge is 0.416 e. The highest BCUT2D eigenvalue weighted by atomic mass is 32.2. The van der Waals surface area contributed by atoms with E-state index in [1.165, 1.54) is 12.1 Å². The van der Waals surface area contributed by atoms with Crippen molar-refractivity contribution in [3.63, 3.8) is 0 Å². The van der Waals surface area contributed by atoms with Gasteiger partial charge in [0.15, 0.2) is 0 Å². The minimum Gasteiger partial charge on any atom is -0.299 e. The summed E-state index contributed by atoms with van der Waals surface area (Å²) in [6.45, 7) is 4.88. The van der Waals surface area contributed by atoms with E-state index in [0.717, 1.165) is 12.1 Å². The topological polar surface area (TPSA) is 87.3 Å². The molecule has 1 amide bonds. The molecule has 1 aromatic carbocycles. The van der Waals surface area contributed by atoms with Gasteiger partial charge < -0.3 is 0 Å². The molecule has 2 rings (SSSR count). The molecule has 158 valence electrons. The third kappa shape index (κ3) is 5.84. The van der Waals surface area contributed by atoms with E-state index >= 15 is 0 Å². The van der Waals surface area contributed by atoms with Crippen molar-refractivity contribution in [2.75, 3.05) is 5.43 Å². The van der Waals surface area contributed by atoms with E-state index in [-0.39, 0.29) is 17.9 Å². The number of nitrogens with one attached hydrogen (secondary N) is 3. The summed E-state index contributed by atoms with van der Waals surface area (Å²) in [6.07, 6.45) is -2.26. The summed E-state index contributed by atoms with van der Waals surface area (Å²) in [5, 5.41) is 0. The van der Waals surface area contributed by atoms with Gasteiger partial charge in [-0.25, -0.2) is 13.1 Å². The van der Waals surface area contributed by atoms with Crippen LogP contribution < -0.4 is 15.6 Å². The molecule has 28 heavy (non-hydrogen) atoms. The lowest BCUT2D eigenvalue weighted by molar-refractivity contribution is -0.137. The molecule has 10 heteroatoms. The van der Waals surface area contributed by atoms with Gasteiger partial charge in [0.2, 0.25) is 15.9 Å². The number of hydrazine groups is 1. The third-order valence-corrected chi connectivity index (χ3v) is 7.02. The summed E-state index contributed by atoms with van der Waals surface area (Å²) in [4.78, 5) is 12.3. The summed E-state index contributed by atoms with van der Waals surface area (Å²) in [5.74, 6) is -0.547. The number of alkyl halides is 3. The molecule has 1 aliphatic carbocycles. The molecular weight excluding hydrogens is 395 g/mol. The molecule has 6 nitrogen and oxygen atoms in total. The fourth-order valence-electron chi connectivity index (χ4n) is 2.85. The molecule has 1 aliphatic rings. The van der Waals surface area contributed by atoms with Crippen LogP contribution in [0.3, 0.4) is 0 Å². The quantitative estimate of drug-likeness (QED) is 0.636. The molecule has 0 heterocycles. The first-order valence-corrected chi connectivity index (χ1v) is 10.5. The second-order valence-electron chi connectivity index (χ2n) is 7.97. The maximum atomic E-state index is 12.5. The normalized spacial score (nSPS) is 21.2. The Kier molecular flexibility index (Phi) is 6.65. The van der Waals surface area contributed by atoms with Crippen molar-refractivity contribution in [1.82, 2.24) is 10.1 Å². The Morgan fingerprint density at radius 2 is 1.54 bits per heavy atom. The zero-order chi connectivity index (χ0) is 21.2. The molecule has 0 aromatic heterocycles. The molecule has 1 fully saturated rings. The SMILES string of the molecule is CC(C)(C)S(=O)(=O)NC1CCC(C(=O)NNc2ccc(C(F)(F)F)cc2)CC1. The molecule has 0 aliphatic heterocycles. The molecular formula is C18H26F3N3O3S. The lowest BCUT2D eigenvalue weighted by Crippen LogP contribution is -2.47. The number of hydrogen-bond acceptors (Lipinski definition) is 4. The Balaban J connectivity index is 1.81. The first-order chi connectivity index (χ1) is 12.8. The molecule has 0 radical (unpaired) electrons. The van der Waals surface area contributed by atoms with Crippen LogP contribution in [0.2, 0.25) is 0 Å². The van der Waals surface area contributed by atoms with Crippen LogP contribution in [0.15, 0.2) is 24.3 Å². The van der Waals surface area contributed by atoms with Crippen molar-refractivity contribution in [3.8, 4) is 0 Å². The van der Waals surface area contributed by atoms with Crippen LogP contribution >= 0.6 is 0 Å². The predicted molar refractivity (Wildman–Crippen MR) is 101 cm³/mol. The van der Waals surface area contributed by atoms with Crippen molar-refractivity contribution < 1.29 is 26.4 Å². The lowest BCUT2D eigenvalue weighted by atomic mass is 9.86. The van der Waals surface area contributed by atoms with E-state index in [9.17, 15) is 26.4 Å². The second-order valence-corrected chi connectivity index (χ2v) is 10.4. The molecule has 0 unspecified atom stereocenters. The van der Waals surface area contributed by atoms with E-state index in [1.54, 1.807) is 20.8 Å². The number of sulfonamides is 1. The van der Waals surface area contributed by atoms with Crippen molar-refractivity contribution in [2.45, 2.75) is 63.4 Å². The Labute approximate surface area is 163 Å². The van der Waals surface area contributed by atoms with E-state index in [1.807, 2.05) is 0 Å². The standard InChI is InChI=1S/C18H26F3N3O3S/c1-17(2,3)28(26,27)24-15-8-4-12(5-9-15)16(25)23-22-14-10-6-13(7-11-14)18(19,20)21/h6-7,10-12,15,22,24H,4-5,8-9H2,1-3H3,(H,23,25). The summed E-state index contributed by atoms with van der Waals surface area (Å²) in [7, 11) is -3.44. The van der Waals surface area contributed by atoms with E-state index < -0.39 is 26.5 Å². The van der Waals surface area contributed by atoms with E-state index in [0.29, 0.717) is 31.4 Å². The van der Waals surface area contributed by atoms with Gasteiger partial charge in [-0.3, -0.25) is 15.6 Å². The van der Waals surface area contributed by atoms with E-state index in [2.05, 4.69) is 15.6 Å². The Hall–Kier alpha value is -1.81. The lowest BCUT2D eigenvalue weighted by Gasteiger charge is -2.30. The van der Waals surface area contributed by atoms with Gasteiger partial charge in [0.25, 0.3) is 0 Å². The fourth-order valence-corrected chi connectivity index (χ4v) is 3.88. The number of carbonyl (C=O) groups excluding carboxylic acids is 1. The van der Waals surface area contributed by atoms with Gasteiger partial charge >= 0.3 is 6.18 Å². The number of carbonyl (C=O) groups is 1. The zero-order valence-electron chi connectivity index (χ0n) is 16.1. The number of halogens is 3. The predicted octanol–water partition coefficient (Wildman–Crippen LogP) is 3.43. The number of amides is 1. The van der Waals surface area contributed by atoms with Crippen molar-refractivity contribution in [3.05, 3.63) is 29.8 Å². The van der Waals surface area contributed by atoms with Gasteiger partial charge in [0, 0.05) is 12.0 Å². The van der Waals surface area contributed by atoms with Crippen molar-refractivity contribution >= 4 is 21.6 Å².